The van der Waals surface area contributed by atoms with Crippen molar-refractivity contribution in [3.8, 4) is 5.75 Å². The van der Waals surface area contributed by atoms with Crippen LogP contribution in [0.1, 0.15) is 52.4 Å². The first-order valence-corrected chi connectivity index (χ1v) is 12.7. The van der Waals surface area contributed by atoms with E-state index in [4.69, 9.17) is 21.2 Å². The third-order valence-corrected chi connectivity index (χ3v) is 7.41. The quantitative estimate of drug-likeness (QED) is 0.200. The molecule has 2 atom stereocenters. The molecule has 0 aromatic heterocycles. The van der Waals surface area contributed by atoms with Gasteiger partial charge in [-0.1, -0.05) is 30.1 Å². The van der Waals surface area contributed by atoms with Gasteiger partial charge in [-0.25, -0.2) is 0 Å². The van der Waals surface area contributed by atoms with E-state index in [0.29, 0.717) is 41.7 Å². The second kappa shape index (κ2) is 14.5. The fraction of sp³-hybridized carbons (Fsp3) is 0.625. The van der Waals surface area contributed by atoms with Crippen LogP contribution >= 0.6 is 23.4 Å². The van der Waals surface area contributed by atoms with Gasteiger partial charge in [0.2, 0.25) is 0 Å². The van der Waals surface area contributed by atoms with E-state index in [1.165, 1.54) is 12.2 Å². The van der Waals surface area contributed by atoms with Gasteiger partial charge < -0.3 is 9.57 Å². The predicted octanol–water partition coefficient (Wildman–Crippen LogP) is 5.21. The molecular formula is C24H32ClKNO4S. The van der Waals surface area contributed by atoms with E-state index >= 15 is 0 Å². The third-order valence-electron chi connectivity index (χ3n) is 5.91. The molecule has 2 fully saturated rings. The van der Waals surface area contributed by atoms with E-state index in [-0.39, 0.29) is 81.6 Å². The Morgan fingerprint density at radius 3 is 2.47 bits per heavy atom. The molecule has 1 radical (unpaired) electrons. The SMILES string of the molecule is CCCC(=NOCC(C)Oc1ccc(Cl)cc1)C1C(=O)CC(C2CCCSC2)CC1=O.[K]. The number of carbonyl (C=O) groups excluding carboxylic acids is 2. The van der Waals surface area contributed by atoms with Crippen molar-refractivity contribution in [3.05, 3.63) is 29.3 Å². The number of carbonyl (C=O) groups is 2. The normalized spacial score (nSPS) is 25.1. The number of hydrogen-bond acceptors (Lipinski definition) is 6. The standard InChI is InChI=1S/C24H32ClNO4S.K/c1-3-5-21(26-29-14-16(2)30-20-9-7-19(25)8-10-20)24-22(27)12-18(13-23(24)28)17-6-4-11-31-15-17;/h7-10,16-18,24H,3-6,11-15H2,1-2H3;. The first kappa shape index (κ1) is 28.3. The molecular weight excluding hydrogens is 473 g/mol. The van der Waals surface area contributed by atoms with Crippen LogP contribution in [0, 0.1) is 17.8 Å². The van der Waals surface area contributed by atoms with Gasteiger partial charge in [-0.15, -0.1) is 0 Å². The molecule has 0 spiro atoms. The molecule has 1 saturated heterocycles. The van der Waals surface area contributed by atoms with Crippen LogP contribution in [0.3, 0.4) is 0 Å². The predicted molar refractivity (Wildman–Crippen MR) is 132 cm³/mol. The van der Waals surface area contributed by atoms with Gasteiger partial charge in [-0.05, 0) is 73.8 Å². The van der Waals surface area contributed by atoms with Crippen LogP contribution in [-0.2, 0) is 14.4 Å². The van der Waals surface area contributed by atoms with Gasteiger partial charge in [0.1, 0.15) is 29.3 Å². The second-order valence-electron chi connectivity index (χ2n) is 8.52. The number of ether oxygens (including phenoxy) is 1. The molecule has 1 heterocycles. The van der Waals surface area contributed by atoms with E-state index in [2.05, 4.69) is 5.16 Å². The first-order valence-electron chi connectivity index (χ1n) is 11.2. The summed E-state index contributed by atoms with van der Waals surface area (Å²) in [6, 6.07) is 7.12. The average molecular weight is 505 g/mol. The van der Waals surface area contributed by atoms with Crippen molar-refractivity contribution in [1.82, 2.24) is 0 Å². The fourth-order valence-electron chi connectivity index (χ4n) is 4.35. The number of ketones is 2. The monoisotopic (exact) mass is 504 g/mol. The minimum absolute atomic E-state index is 0. The Morgan fingerprint density at radius 2 is 1.88 bits per heavy atom. The summed E-state index contributed by atoms with van der Waals surface area (Å²) >= 11 is 7.84. The van der Waals surface area contributed by atoms with Gasteiger partial charge in [0.25, 0.3) is 0 Å². The van der Waals surface area contributed by atoms with E-state index in [0.717, 1.165) is 18.6 Å². The van der Waals surface area contributed by atoms with Gasteiger partial charge in [0, 0.05) is 69.2 Å². The Morgan fingerprint density at radius 1 is 1.19 bits per heavy atom. The summed E-state index contributed by atoms with van der Waals surface area (Å²) in [4.78, 5) is 31.4. The molecule has 2 aliphatic rings. The first-order chi connectivity index (χ1) is 15.0. The molecule has 5 nitrogen and oxygen atoms in total. The van der Waals surface area contributed by atoms with Gasteiger partial charge in [-0.3, -0.25) is 9.59 Å². The maximum absolute atomic E-state index is 12.9. The number of Topliss-reactive ketones (excluding diaryl/α,β-unsaturated/α-hetero) is 2. The van der Waals surface area contributed by atoms with E-state index in [1.807, 2.05) is 25.6 Å². The number of hydrogen-bond donors (Lipinski definition) is 0. The van der Waals surface area contributed by atoms with Crippen LogP contribution in [0.4, 0.5) is 0 Å². The summed E-state index contributed by atoms with van der Waals surface area (Å²) < 4.78 is 5.79. The fourth-order valence-corrected chi connectivity index (χ4v) is 5.76. The molecule has 2 unspecified atom stereocenters. The van der Waals surface area contributed by atoms with Crippen molar-refractivity contribution in [1.29, 1.82) is 0 Å². The number of halogens is 1. The van der Waals surface area contributed by atoms with Gasteiger partial charge >= 0.3 is 0 Å². The van der Waals surface area contributed by atoms with Crippen LogP contribution in [0.25, 0.3) is 0 Å². The Labute approximate surface area is 243 Å². The number of nitrogens with zero attached hydrogens (tertiary/aromatic N) is 1. The number of thioether (sulfide) groups is 1. The second-order valence-corrected chi connectivity index (χ2v) is 10.1. The zero-order valence-electron chi connectivity index (χ0n) is 19.3. The van der Waals surface area contributed by atoms with Gasteiger partial charge in [-0.2, -0.15) is 11.8 Å². The molecule has 1 aromatic rings. The number of benzene rings is 1. The maximum atomic E-state index is 12.9. The third kappa shape index (κ3) is 8.40. The molecule has 3 rings (SSSR count). The Kier molecular flexibility index (Phi) is 12.8. The zero-order chi connectivity index (χ0) is 22.2. The van der Waals surface area contributed by atoms with Crippen LogP contribution in [0.5, 0.6) is 5.75 Å². The van der Waals surface area contributed by atoms with Crippen molar-refractivity contribution in [3.63, 3.8) is 0 Å². The molecule has 171 valence electrons. The summed E-state index contributed by atoms with van der Waals surface area (Å²) in [5.74, 6) is 2.93. The summed E-state index contributed by atoms with van der Waals surface area (Å²) in [5.41, 5.74) is 0.563. The van der Waals surface area contributed by atoms with Gasteiger partial charge in [0.15, 0.2) is 6.61 Å². The molecule has 1 aliphatic heterocycles. The van der Waals surface area contributed by atoms with Crippen LogP contribution in [0.15, 0.2) is 29.4 Å². The molecule has 1 aliphatic carbocycles. The van der Waals surface area contributed by atoms with Crippen LogP contribution < -0.4 is 4.74 Å². The molecule has 32 heavy (non-hydrogen) atoms. The number of rotatable bonds is 9. The Balaban J connectivity index is 0.00000363. The van der Waals surface area contributed by atoms with Crippen LogP contribution in [-0.4, -0.2) is 92.9 Å². The Hall–Kier alpha value is 0.106. The van der Waals surface area contributed by atoms with E-state index < -0.39 is 5.92 Å². The topological polar surface area (TPSA) is 65.0 Å². The van der Waals surface area contributed by atoms with Crippen molar-refractivity contribution in [2.45, 2.75) is 58.5 Å². The molecule has 1 aromatic carbocycles. The van der Waals surface area contributed by atoms with Crippen molar-refractivity contribution >= 4 is 92.0 Å². The van der Waals surface area contributed by atoms with Gasteiger partial charge in [0.05, 0.1) is 5.71 Å². The zero-order valence-corrected chi connectivity index (χ0v) is 24.0. The smallest absolute Gasteiger partial charge is 0.153 e. The molecule has 0 amide bonds. The van der Waals surface area contributed by atoms with E-state index in [1.54, 1.807) is 24.3 Å². The van der Waals surface area contributed by atoms with Crippen molar-refractivity contribution < 1.29 is 19.2 Å². The Bertz CT molecular complexity index is 765. The summed E-state index contributed by atoms with van der Waals surface area (Å²) in [6.07, 6.45) is 4.44. The minimum Gasteiger partial charge on any atom is -0.487 e. The van der Waals surface area contributed by atoms with Crippen molar-refractivity contribution in [2.24, 2.45) is 22.9 Å². The molecule has 0 bridgehead atoms. The molecule has 0 N–H and O–H groups in total. The van der Waals surface area contributed by atoms with E-state index in [9.17, 15) is 9.59 Å². The average Bonchev–Trinajstić information content (AvgIpc) is 2.75. The maximum Gasteiger partial charge on any atom is 0.153 e. The largest absolute Gasteiger partial charge is 0.487 e. The summed E-state index contributed by atoms with van der Waals surface area (Å²) in [5, 5.41) is 4.89. The summed E-state index contributed by atoms with van der Waals surface area (Å²) in [6.45, 7) is 4.13. The number of oxime groups is 1. The van der Waals surface area contributed by atoms with Crippen LogP contribution in [0.2, 0.25) is 5.02 Å². The summed E-state index contributed by atoms with van der Waals surface area (Å²) in [7, 11) is 0. The van der Waals surface area contributed by atoms with Crippen molar-refractivity contribution in [2.75, 3.05) is 18.1 Å². The minimum atomic E-state index is -0.736. The molecule has 1 saturated carbocycles. The molecule has 8 heteroatoms.